The van der Waals surface area contributed by atoms with Gasteiger partial charge in [0.05, 0.1) is 6.04 Å². The van der Waals surface area contributed by atoms with Gasteiger partial charge in [0.2, 0.25) is 0 Å². The number of carbonyl (C=O) groups excluding carboxylic acids is 1. The Balaban J connectivity index is 2.03. The second-order valence-corrected chi connectivity index (χ2v) is 4.71. The Kier molecular flexibility index (Phi) is 3.91. The minimum Gasteiger partial charge on any atom is -0.343 e. The van der Waals surface area contributed by atoms with Gasteiger partial charge in [0.1, 0.15) is 5.01 Å². The maximum Gasteiger partial charge on any atom is 0.251 e. The summed E-state index contributed by atoms with van der Waals surface area (Å²) in [4.78, 5) is 16.1. The number of nitrogens with zero attached hydrogens (tertiary/aromatic N) is 1. The smallest absolute Gasteiger partial charge is 0.251 e. The van der Waals surface area contributed by atoms with Crippen molar-refractivity contribution in [3.8, 4) is 0 Å². The van der Waals surface area contributed by atoms with Crippen molar-refractivity contribution in [2.45, 2.75) is 13.0 Å². The lowest BCUT2D eigenvalue weighted by Gasteiger charge is -2.11. The molecule has 1 heterocycles. The van der Waals surface area contributed by atoms with Crippen LogP contribution in [0.15, 0.2) is 35.8 Å². The summed E-state index contributed by atoms with van der Waals surface area (Å²) in [6, 6.07) is 6.86. The Hall–Kier alpha value is -1.92. The number of benzene rings is 1. The van der Waals surface area contributed by atoms with Crippen LogP contribution in [0.3, 0.4) is 0 Å². The summed E-state index contributed by atoms with van der Waals surface area (Å²) < 4.78 is 0. The molecule has 0 fully saturated rings. The zero-order valence-corrected chi connectivity index (χ0v) is 10.7. The van der Waals surface area contributed by atoms with Gasteiger partial charge in [-0.15, -0.1) is 11.3 Å². The number of carbonyl (C=O) groups is 1. The zero-order valence-electron chi connectivity index (χ0n) is 9.88. The van der Waals surface area contributed by atoms with E-state index in [2.05, 4.69) is 15.7 Å². The number of rotatable bonds is 4. The van der Waals surface area contributed by atoms with E-state index in [1.54, 1.807) is 30.5 Å². The van der Waals surface area contributed by atoms with Crippen LogP contribution in [0.4, 0.5) is 5.69 Å². The monoisotopic (exact) mass is 262 g/mol. The van der Waals surface area contributed by atoms with E-state index in [9.17, 15) is 4.79 Å². The van der Waals surface area contributed by atoms with Crippen molar-refractivity contribution in [1.82, 2.24) is 10.3 Å². The summed E-state index contributed by atoms with van der Waals surface area (Å²) in [7, 11) is 0. The van der Waals surface area contributed by atoms with Crippen LogP contribution < -0.4 is 16.6 Å². The van der Waals surface area contributed by atoms with Crippen molar-refractivity contribution in [3.05, 3.63) is 46.4 Å². The van der Waals surface area contributed by atoms with Crippen molar-refractivity contribution < 1.29 is 4.79 Å². The van der Waals surface area contributed by atoms with Crippen LogP contribution in [0, 0.1) is 0 Å². The van der Waals surface area contributed by atoms with Crippen LogP contribution in [0.1, 0.15) is 28.3 Å². The summed E-state index contributed by atoms with van der Waals surface area (Å²) in [6.45, 7) is 1.91. The Labute approximate surface area is 109 Å². The van der Waals surface area contributed by atoms with Crippen molar-refractivity contribution in [1.29, 1.82) is 0 Å². The van der Waals surface area contributed by atoms with E-state index in [1.807, 2.05) is 12.3 Å². The minimum atomic E-state index is -0.124. The minimum absolute atomic E-state index is 0.0928. The van der Waals surface area contributed by atoms with E-state index < -0.39 is 0 Å². The molecule has 18 heavy (non-hydrogen) atoms. The number of hydrazine groups is 1. The normalized spacial score (nSPS) is 11.9. The van der Waals surface area contributed by atoms with Gasteiger partial charge in [-0.05, 0) is 31.2 Å². The van der Waals surface area contributed by atoms with Crippen LogP contribution in [0.25, 0.3) is 0 Å². The quantitative estimate of drug-likeness (QED) is 0.581. The van der Waals surface area contributed by atoms with Crippen molar-refractivity contribution in [2.75, 3.05) is 5.43 Å². The molecule has 6 heteroatoms. The predicted octanol–water partition coefficient (Wildman–Crippen LogP) is 1.92. The fourth-order valence-electron chi connectivity index (χ4n) is 1.51. The highest BCUT2D eigenvalue weighted by Crippen LogP contribution is 2.16. The topological polar surface area (TPSA) is 80.0 Å². The molecule has 1 aromatic heterocycles. The molecule has 94 valence electrons. The molecule has 0 saturated heterocycles. The van der Waals surface area contributed by atoms with E-state index >= 15 is 0 Å². The number of nitrogens with one attached hydrogen (secondary N) is 2. The van der Waals surface area contributed by atoms with Gasteiger partial charge in [-0.1, -0.05) is 0 Å². The van der Waals surface area contributed by atoms with E-state index in [0.717, 1.165) is 10.7 Å². The van der Waals surface area contributed by atoms with Crippen molar-refractivity contribution in [2.24, 2.45) is 5.84 Å². The maximum absolute atomic E-state index is 12.0. The molecule has 0 saturated carbocycles. The largest absolute Gasteiger partial charge is 0.343 e. The van der Waals surface area contributed by atoms with Crippen LogP contribution in [0.5, 0.6) is 0 Å². The molecule has 1 aromatic carbocycles. The highest BCUT2D eigenvalue weighted by Gasteiger charge is 2.12. The maximum atomic E-state index is 12.0. The number of amides is 1. The molecule has 0 aliphatic carbocycles. The fourth-order valence-corrected chi connectivity index (χ4v) is 2.15. The molecule has 4 N–H and O–H groups in total. The third kappa shape index (κ3) is 2.85. The Morgan fingerprint density at radius 3 is 2.67 bits per heavy atom. The average molecular weight is 262 g/mol. The van der Waals surface area contributed by atoms with Crippen LogP contribution >= 0.6 is 11.3 Å². The number of aromatic nitrogens is 1. The first-order chi connectivity index (χ1) is 8.70. The second-order valence-electron chi connectivity index (χ2n) is 3.79. The number of hydrogen-bond acceptors (Lipinski definition) is 5. The summed E-state index contributed by atoms with van der Waals surface area (Å²) in [5, 5.41) is 5.67. The lowest BCUT2D eigenvalue weighted by atomic mass is 10.2. The lowest BCUT2D eigenvalue weighted by Crippen LogP contribution is -2.26. The first-order valence-electron chi connectivity index (χ1n) is 5.47. The molecule has 0 radical (unpaired) electrons. The SMILES string of the molecule is CC(NC(=O)c1ccc(NN)cc1)c1nccs1. The molecule has 1 unspecified atom stereocenters. The van der Waals surface area contributed by atoms with Crippen molar-refractivity contribution >= 4 is 22.9 Å². The highest BCUT2D eigenvalue weighted by molar-refractivity contribution is 7.09. The van der Waals surface area contributed by atoms with E-state index in [4.69, 9.17) is 5.84 Å². The number of thiazole rings is 1. The Bertz CT molecular complexity index is 509. The molecule has 5 nitrogen and oxygen atoms in total. The van der Waals surface area contributed by atoms with E-state index in [0.29, 0.717) is 5.56 Å². The predicted molar refractivity (Wildman–Crippen MR) is 72.2 cm³/mol. The number of hydrogen-bond donors (Lipinski definition) is 3. The van der Waals surface area contributed by atoms with Gasteiger partial charge in [0.25, 0.3) is 5.91 Å². The van der Waals surface area contributed by atoms with Gasteiger partial charge in [-0.25, -0.2) is 4.98 Å². The first-order valence-corrected chi connectivity index (χ1v) is 6.35. The number of nitrogens with two attached hydrogens (primary N) is 1. The molecular weight excluding hydrogens is 248 g/mol. The zero-order chi connectivity index (χ0) is 13.0. The Morgan fingerprint density at radius 1 is 1.39 bits per heavy atom. The molecule has 0 aliphatic heterocycles. The molecular formula is C12H14N4OS. The second kappa shape index (κ2) is 5.61. The fraction of sp³-hybridized carbons (Fsp3) is 0.167. The summed E-state index contributed by atoms with van der Waals surface area (Å²) >= 11 is 1.52. The van der Waals surface area contributed by atoms with Crippen LogP contribution in [-0.4, -0.2) is 10.9 Å². The number of nitrogen functional groups attached to an aromatic ring is 1. The van der Waals surface area contributed by atoms with Gasteiger partial charge in [0, 0.05) is 22.8 Å². The van der Waals surface area contributed by atoms with Crippen molar-refractivity contribution in [3.63, 3.8) is 0 Å². The van der Waals surface area contributed by atoms with Gasteiger partial charge >= 0.3 is 0 Å². The standard InChI is InChI=1S/C12H14N4OS/c1-8(12-14-6-7-18-12)15-11(17)9-2-4-10(16-13)5-3-9/h2-8,16H,13H2,1H3,(H,15,17). The molecule has 2 aromatic rings. The third-order valence-corrected chi connectivity index (χ3v) is 3.44. The lowest BCUT2D eigenvalue weighted by molar-refractivity contribution is 0.0940. The third-order valence-electron chi connectivity index (χ3n) is 2.48. The van der Waals surface area contributed by atoms with Gasteiger partial charge in [-0.3, -0.25) is 10.6 Å². The van der Waals surface area contributed by atoms with E-state index in [-0.39, 0.29) is 11.9 Å². The Morgan fingerprint density at radius 2 is 2.11 bits per heavy atom. The molecule has 1 atom stereocenters. The molecule has 2 rings (SSSR count). The van der Waals surface area contributed by atoms with Gasteiger partial charge < -0.3 is 10.7 Å². The molecule has 0 spiro atoms. The summed E-state index contributed by atoms with van der Waals surface area (Å²) in [5.74, 6) is 5.14. The number of anilines is 1. The summed E-state index contributed by atoms with van der Waals surface area (Å²) in [5.41, 5.74) is 3.87. The van der Waals surface area contributed by atoms with Gasteiger partial charge in [0.15, 0.2) is 0 Å². The molecule has 0 bridgehead atoms. The average Bonchev–Trinajstić information content (AvgIpc) is 2.92. The highest BCUT2D eigenvalue weighted by atomic mass is 32.1. The summed E-state index contributed by atoms with van der Waals surface area (Å²) in [6.07, 6.45) is 1.73. The van der Waals surface area contributed by atoms with Gasteiger partial charge in [-0.2, -0.15) is 0 Å². The van der Waals surface area contributed by atoms with Crippen LogP contribution in [-0.2, 0) is 0 Å². The van der Waals surface area contributed by atoms with Crippen LogP contribution in [0.2, 0.25) is 0 Å². The first kappa shape index (κ1) is 12.5. The van der Waals surface area contributed by atoms with E-state index in [1.165, 1.54) is 11.3 Å². The molecule has 1 amide bonds. The molecule has 0 aliphatic rings.